The Kier molecular flexibility index (Phi) is 22.6. The molecule has 0 spiro atoms. The van der Waals surface area contributed by atoms with Crippen LogP contribution in [0.3, 0.4) is 0 Å². The third-order valence-corrected chi connectivity index (χ3v) is 9.43. The van der Waals surface area contributed by atoms with Crippen molar-refractivity contribution >= 4 is 11.4 Å². The van der Waals surface area contributed by atoms with E-state index in [9.17, 15) is 5.21 Å². The van der Waals surface area contributed by atoms with Gasteiger partial charge in [0.1, 0.15) is 13.2 Å². The molecule has 0 radical (unpaired) electrons. The number of rotatable bonds is 22. The lowest BCUT2D eigenvalue weighted by Crippen LogP contribution is -2.14. The predicted molar refractivity (Wildman–Crippen MR) is 202 cm³/mol. The fourth-order valence-electron chi connectivity index (χ4n) is 6.44. The quantitative estimate of drug-likeness (QED) is 0.0703. The summed E-state index contributed by atoms with van der Waals surface area (Å²) in [5.74, 6) is 1.10. The van der Waals surface area contributed by atoms with Crippen LogP contribution >= 0.6 is 0 Å². The molecule has 7 heteroatoms. The molecule has 1 aliphatic heterocycles. The Hall–Kier alpha value is -2.64. The third-order valence-electron chi connectivity index (χ3n) is 9.43. The van der Waals surface area contributed by atoms with Crippen LogP contribution in [0.25, 0.3) is 0 Å². The van der Waals surface area contributed by atoms with Crippen molar-refractivity contribution in [2.24, 2.45) is 5.11 Å². The lowest BCUT2D eigenvalue weighted by molar-refractivity contribution is -0.436. The fourth-order valence-corrected chi connectivity index (χ4v) is 6.44. The summed E-state index contributed by atoms with van der Waals surface area (Å²) < 4.78 is 23.4. The molecule has 3 rings (SSSR count). The maximum atomic E-state index is 13.8. The molecular formula is C42H68N2O5. The SMILES string of the molecule is CCCCCCCCCCCCc1ccc2c(c1)N=[N+]([O-])c1cc(CCCCCCCCCCCC)ccc1OCCOCCOCCO2. The second kappa shape index (κ2) is 27.1. The van der Waals surface area contributed by atoms with Crippen molar-refractivity contribution in [1.29, 1.82) is 0 Å². The third kappa shape index (κ3) is 18.2. The van der Waals surface area contributed by atoms with Gasteiger partial charge in [0.15, 0.2) is 17.2 Å². The molecule has 0 aliphatic carbocycles. The van der Waals surface area contributed by atoms with Crippen molar-refractivity contribution in [2.45, 2.75) is 155 Å². The summed E-state index contributed by atoms with van der Waals surface area (Å²) in [5.41, 5.74) is 3.27. The van der Waals surface area contributed by atoms with Gasteiger partial charge < -0.3 is 24.2 Å². The van der Waals surface area contributed by atoms with E-state index in [0.29, 0.717) is 67.4 Å². The zero-order valence-corrected chi connectivity index (χ0v) is 31.2. The van der Waals surface area contributed by atoms with E-state index in [1.807, 2.05) is 24.3 Å². The van der Waals surface area contributed by atoms with Crippen LogP contribution in [0.4, 0.5) is 11.4 Å². The molecule has 2 aromatic rings. The van der Waals surface area contributed by atoms with Gasteiger partial charge in [0, 0.05) is 11.2 Å². The van der Waals surface area contributed by atoms with Gasteiger partial charge in [-0.1, -0.05) is 142 Å². The monoisotopic (exact) mass is 681 g/mol. The van der Waals surface area contributed by atoms with Crippen molar-refractivity contribution in [1.82, 2.24) is 0 Å². The highest BCUT2D eigenvalue weighted by Gasteiger charge is 2.18. The number of aryl methyl sites for hydroxylation is 2. The highest BCUT2D eigenvalue weighted by atomic mass is 16.6. The average Bonchev–Trinajstić information content (AvgIpc) is 3.11. The molecule has 0 amide bonds. The summed E-state index contributed by atoms with van der Waals surface area (Å²) in [5, 5.41) is 18.3. The summed E-state index contributed by atoms with van der Waals surface area (Å²) in [7, 11) is 0. The molecule has 1 aliphatic rings. The van der Waals surface area contributed by atoms with E-state index in [2.05, 4.69) is 31.1 Å². The van der Waals surface area contributed by atoms with Crippen LogP contribution in [-0.4, -0.2) is 44.5 Å². The number of benzene rings is 2. The van der Waals surface area contributed by atoms with Gasteiger partial charge in [-0.25, -0.2) is 0 Å². The van der Waals surface area contributed by atoms with E-state index < -0.39 is 0 Å². The Morgan fingerprint density at radius 2 is 0.918 bits per heavy atom. The smallest absolute Gasteiger partial charge is 0.286 e. The van der Waals surface area contributed by atoms with Crippen LogP contribution in [-0.2, 0) is 22.3 Å². The first kappa shape index (κ1) is 40.8. The van der Waals surface area contributed by atoms with Crippen LogP contribution in [0.5, 0.6) is 11.5 Å². The van der Waals surface area contributed by atoms with Crippen molar-refractivity contribution in [3.05, 3.63) is 52.7 Å². The van der Waals surface area contributed by atoms with E-state index >= 15 is 0 Å². The largest absolute Gasteiger partial charge is 0.594 e. The molecular weight excluding hydrogens is 612 g/mol. The first-order chi connectivity index (χ1) is 24.2. The van der Waals surface area contributed by atoms with Crippen LogP contribution < -0.4 is 9.47 Å². The Balaban J connectivity index is 1.63. The maximum absolute atomic E-state index is 13.8. The molecule has 7 nitrogen and oxygen atoms in total. The number of unbranched alkanes of at least 4 members (excludes halogenated alkanes) is 18. The van der Waals surface area contributed by atoms with Crippen molar-refractivity contribution in [3.63, 3.8) is 0 Å². The molecule has 0 N–H and O–H groups in total. The minimum absolute atomic E-state index is 0.349. The van der Waals surface area contributed by atoms with Gasteiger partial charge in [-0.15, -0.1) is 0 Å². The number of ether oxygens (including phenoxy) is 4. The molecule has 2 aromatic carbocycles. The second-order valence-corrected chi connectivity index (χ2v) is 13.8. The van der Waals surface area contributed by atoms with Crippen molar-refractivity contribution in [3.8, 4) is 11.5 Å². The Labute approximate surface area is 298 Å². The van der Waals surface area contributed by atoms with Gasteiger partial charge >= 0.3 is 0 Å². The molecule has 0 saturated carbocycles. The highest BCUT2D eigenvalue weighted by Crippen LogP contribution is 2.34. The van der Waals surface area contributed by atoms with E-state index in [4.69, 9.17) is 18.9 Å². The number of hydrogen-bond donors (Lipinski definition) is 0. The zero-order chi connectivity index (χ0) is 34.6. The number of fused-ring (bicyclic) bond motifs is 2. The van der Waals surface area contributed by atoms with Gasteiger partial charge in [-0.3, -0.25) is 0 Å². The topological polar surface area (TPSA) is 75.4 Å². The van der Waals surface area contributed by atoms with E-state index in [1.165, 1.54) is 121 Å². The van der Waals surface area contributed by atoms with Crippen LogP contribution in [0.2, 0.25) is 0 Å². The number of azo groups is 1. The molecule has 0 unspecified atom stereocenters. The summed E-state index contributed by atoms with van der Waals surface area (Å²) in [6, 6.07) is 12.0. The normalized spacial score (nSPS) is 14.4. The summed E-state index contributed by atoms with van der Waals surface area (Å²) in [4.78, 5) is 0.715. The van der Waals surface area contributed by atoms with E-state index in [-0.39, 0.29) is 0 Å². The van der Waals surface area contributed by atoms with Crippen molar-refractivity contribution < 1.29 is 23.8 Å². The molecule has 0 fully saturated rings. The Morgan fingerprint density at radius 3 is 1.43 bits per heavy atom. The first-order valence-electron chi connectivity index (χ1n) is 20.1. The highest BCUT2D eigenvalue weighted by molar-refractivity contribution is 5.54. The van der Waals surface area contributed by atoms with Gasteiger partial charge in [0.25, 0.3) is 5.69 Å². The lowest BCUT2D eigenvalue weighted by Gasteiger charge is -2.14. The molecule has 1 heterocycles. The van der Waals surface area contributed by atoms with Crippen LogP contribution in [0, 0.1) is 5.21 Å². The average molecular weight is 681 g/mol. The molecule has 276 valence electrons. The van der Waals surface area contributed by atoms with Gasteiger partial charge in [-0.2, -0.15) is 0 Å². The lowest BCUT2D eigenvalue weighted by atomic mass is 10.0. The fraction of sp³-hybridized carbons (Fsp3) is 0.714. The van der Waals surface area contributed by atoms with Gasteiger partial charge in [-0.05, 0) is 59.9 Å². The van der Waals surface area contributed by atoms with E-state index in [0.717, 1.165) is 31.2 Å². The summed E-state index contributed by atoms with van der Waals surface area (Å²) >= 11 is 0. The molecule has 0 bridgehead atoms. The summed E-state index contributed by atoms with van der Waals surface area (Å²) in [6.07, 6.45) is 28.0. The van der Waals surface area contributed by atoms with Gasteiger partial charge in [0.2, 0.25) is 0 Å². The standard InChI is InChI=1S/C42H68N2O5/c1-3-5-7-9-11-13-15-17-19-21-23-37-25-27-41-39(35-37)43-44(45)40-36-38(24-22-20-18-16-14-12-10-8-6-4-2)26-28-42(40)49-34-32-47-30-29-46-31-33-48-41/h25-28,35-36H,3-24,29-34H2,1-2H3. The molecule has 0 aromatic heterocycles. The molecule has 49 heavy (non-hydrogen) atoms. The van der Waals surface area contributed by atoms with Gasteiger partial charge in [0.05, 0.1) is 26.4 Å². The van der Waals surface area contributed by atoms with E-state index in [1.54, 1.807) is 0 Å². The zero-order valence-electron chi connectivity index (χ0n) is 31.2. The minimum atomic E-state index is 0.349. The number of nitrogens with zero attached hydrogens (tertiary/aromatic N) is 2. The molecule has 0 atom stereocenters. The minimum Gasteiger partial charge on any atom is -0.594 e. The Morgan fingerprint density at radius 1 is 0.510 bits per heavy atom. The second-order valence-electron chi connectivity index (χ2n) is 13.8. The maximum Gasteiger partial charge on any atom is 0.286 e. The predicted octanol–water partition coefficient (Wildman–Crippen LogP) is 12.3. The summed E-state index contributed by atoms with van der Waals surface area (Å²) in [6.45, 7) is 7.09. The van der Waals surface area contributed by atoms with Crippen molar-refractivity contribution in [2.75, 3.05) is 39.6 Å². The molecule has 0 saturated heterocycles. The van der Waals surface area contributed by atoms with Crippen LogP contribution in [0.1, 0.15) is 153 Å². The number of hydrogen-bond acceptors (Lipinski definition) is 6. The Bertz CT molecular complexity index is 1150. The van der Waals surface area contributed by atoms with Crippen LogP contribution in [0.15, 0.2) is 41.5 Å². The first-order valence-corrected chi connectivity index (χ1v) is 20.1.